The first-order valence-electron chi connectivity index (χ1n) is 9.45. The van der Waals surface area contributed by atoms with Gasteiger partial charge in [-0.3, -0.25) is 4.79 Å². The molecule has 140 valence electrons. The second kappa shape index (κ2) is 9.43. The Bertz CT molecular complexity index is 656. The highest BCUT2D eigenvalue weighted by atomic mass is 16.4. The number of carboxylic acid groups (broad SMARTS) is 1. The summed E-state index contributed by atoms with van der Waals surface area (Å²) in [6.07, 6.45) is 5.64. The number of rotatable bonds is 9. The predicted octanol–water partition coefficient (Wildman–Crippen LogP) is 2.40. The Labute approximate surface area is 153 Å². The monoisotopic (exact) mass is 357 g/mol. The molecule has 0 aliphatic carbocycles. The van der Waals surface area contributed by atoms with E-state index in [4.69, 9.17) is 0 Å². The Morgan fingerprint density at radius 3 is 2.65 bits per heavy atom. The van der Waals surface area contributed by atoms with Crippen LogP contribution in [0.1, 0.15) is 49.4 Å². The smallest absolute Gasteiger partial charge is 0.307 e. The van der Waals surface area contributed by atoms with Gasteiger partial charge in [0, 0.05) is 5.92 Å². The molecule has 1 aromatic heterocycles. The van der Waals surface area contributed by atoms with Crippen molar-refractivity contribution in [3.8, 4) is 0 Å². The number of nitrogens with zero attached hydrogens (tertiary/aromatic N) is 3. The zero-order chi connectivity index (χ0) is 18.2. The van der Waals surface area contributed by atoms with Crippen LogP contribution in [0.15, 0.2) is 30.3 Å². The maximum atomic E-state index is 12.0. The van der Waals surface area contributed by atoms with Crippen LogP contribution in [0.4, 0.5) is 0 Å². The van der Waals surface area contributed by atoms with Gasteiger partial charge in [-0.15, -0.1) is 10.2 Å². The Morgan fingerprint density at radius 2 is 2.00 bits per heavy atom. The van der Waals surface area contributed by atoms with E-state index in [9.17, 15) is 9.90 Å². The molecule has 1 aromatic carbocycles. The third kappa shape index (κ3) is 5.11. The van der Waals surface area contributed by atoms with Crippen LogP contribution in [0.25, 0.3) is 0 Å². The van der Waals surface area contributed by atoms with Crippen molar-refractivity contribution in [2.45, 2.75) is 44.4 Å². The minimum atomic E-state index is -0.777. The van der Waals surface area contributed by atoms with Crippen LogP contribution in [-0.4, -0.2) is 44.8 Å². The van der Waals surface area contributed by atoms with Gasteiger partial charge in [0.25, 0.3) is 0 Å². The summed E-state index contributed by atoms with van der Waals surface area (Å²) in [4.78, 5) is 12.0. The van der Waals surface area contributed by atoms with E-state index in [-0.39, 0.29) is 5.92 Å². The Morgan fingerprint density at radius 1 is 1.23 bits per heavy atom. The lowest BCUT2D eigenvalue weighted by Crippen LogP contribution is -2.28. The topological polar surface area (TPSA) is 104 Å². The fourth-order valence-corrected chi connectivity index (χ4v) is 3.90. The normalized spacial score (nSPS) is 17.7. The molecule has 1 fully saturated rings. The van der Waals surface area contributed by atoms with Gasteiger partial charge < -0.3 is 10.4 Å². The Kier molecular flexibility index (Phi) is 6.71. The van der Waals surface area contributed by atoms with Crippen LogP contribution in [0.2, 0.25) is 0 Å². The molecule has 7 heteroatoms. The van der Waals surface area contributed by atoms with Crippen molar-refractivity contribution in [3.63, 3.8) is 0 Å². The molecule has 2 unspecified atom stereocenters. The molecule has 1 aliphatic rings. The third-order valence-electron chi connectivity index (χ3n) is 5.38. The first-order valence-corrected chi connectivity index (χ1v) is 9.45. The summed E-state index contributed by atoms with van der Waals surface area (Å²) >= 11 is 0. The molecule has 0 bridgehead atoms. The summed E-state index contributed by atoms with van der Waals surface area (Å²) in [6.45, 7) is 2.15. The van der Waals surface area contributed by atoms with Gasteiger partial charge in [0.2, 0.25) is 0 Å². The lowest BCUT2D eigenvalue weighted by molar-refractivity contribution is -0.143. The molecule has 0 radical (unpaired) electrons. The van der Waals surface area contributed by atoms with E-state index in [1.165, 1.54) is 12.8 Å². The van der Waals surface area contributed by atoms with Gasteiger partial charge >= 0.3 is 5.97 Å². The number of tetrazole rings is 1. The molecule has 0 amide bonds. The maximum absolute atomic E-state index is 12.0. The van der Waals surface area contributed by atoms with Gasteiger partial charge in [-0.05, 0) is 50.3 Å². The number of aromatic nitrogens is 4. The molecule has 1 saturated heterocycles. The first kappa shape index (κ1) is 18.5. The van der Waals surface area contributed by atoms with Crippen LogP contribution < -0.4 is 5.32 Å². The number of benzene rings is 1. The number of carbonyl (C=O) groups is 1. The molecule has 3 N–H and O–H groups in total. The SMILES string of the molecule is O=C(O)C(CCCC1CCNCC1)C(Cc1ccccc1)c1nn[nH]n1. The minimum Gasteiger partial charge on any atom is -0.481 e. The first-order chi connectivity index (χ1) is 12.7. The van der Waals surface area contributed by atoms with Crippen LogP contribution in [0, 0.1) is 11.8 Å². The maximum Gasteiger partial charge on any atom is 0.307 e. The number of carboxylic acids is 1. The summed E-state index contributed by atoms with van der Waals surface area (Å²) < 4.78 is 0. The van der Waals surface area contributed by atoms with Gasteiger partial charge in [-0.2, -0.15) is 5.21 Å². The molecule has 1 aliphatic heterocycles. The highest BCUT2D eigenvalue weighted by Crippen LogP contribution is 2.31. The van der Waals surface area contributed by atoms with E-state index in [2.05, 4.69) is 25.9 Å². The molecule has 0 spiro atoms. The van der Waals surface area contributed by atoms with Crippen molar-refractivity contribution in [1.82, 2.24) is 25.9 Å². The molecule has 26 heavy (non-hydrogen) atoms. The van der Waals surface area contributed by atoms with E-state index in [1.54, 1.807) is 0 Å². The van der Waals surface area contributed by atoms with Gasteiger partial charge in [0.1, 0.15) is 0 Å². The van der Waals surface area contributed by atoms with E-state index < -0.39 is 11.9 Å². The highest BCUT2D eigenvalue weighted by molar-refractivity contribution is 5.71. The van der Waals surface area contributed by atoms with Crippen molar-refractivity contribution in [2.75, 3.05) is 13.1 Å². The summed E-state index contributed by atoms with van der Waals surface area (Å²) in [5.74, 6) is -0.358. The van der Waals surface area contributed by atoms with E-state index in [1.807, 2.05) is 30.3 Å². The van der Waals surface area contributed by atoms with Gasteiger partial charge in [-0.1, -0.05) is 48.4 Å². The second-order valence-corrected chi connectivity index (χ2v) is 7.14. The number of piperidine rings is 1. The number of aliphatic carboxylic acids is 1. The number of hydrogen-bond donors (Lipinski definition) is 3. The van der Waals surface area contributed by atoms with E-state index in [0.29, 0.717) is 24.6 Å². The molecule has 3 rings (SSSR count). The molecule has 2 atom stereocenters. The number of hydrogen-bond acceptors (Lipinski definition) is 5. The lowest BCUT2D eigenvalue weighted by atomic mass is 9.81. The van der Waals surface area contributed by atoms with Crippen LogP contribution >= 0.6 is 0 Å². The molecule has 2 aromatic rings. The van der Waals surface area contributed by atoms with E-state index in [0.717, 1.165) is 31.5 Å². The summed E-state index contributed by atoms with van der Waals surface area (Å²) in [6, 6.07) is 9.92. The molecular weight excluding hydrogens is 330 g/mol. The summed E-state index contributed by atoms with van der Waals surface area (Å²) in [5, 5.41) is 27.5. The largest absolute Gasteiger partial charge is 0.481 e. The summed E-state index contributed by atoms with van der Waals surface area (Å²) in [7, 11) is 0. The zero-order valence-corrected chi connectivity index (χ0v) is 15.0. The Hall–Kier alpha value is -2.28. The standard InChI is InChI=1S/C19H27N5O2/c25-19(26)16(8-4-7-14-9-11-20-12-10-14)17(18-21-23-24-22-18)13-15-5-2-1-3-6-15/h1-3,5-6,14,16-17,20H,4,7-13H2,(H,25,26)(H,21,22,23,24). The van der Waals surface area contributed by atoms with Gasteiger partial charge in [0.05, 0.1) is 5.92 Å². The number of aromatic amines is 1. The van der Waals surface area contributed by atoms with E-state index >= 15 is 0 Å². The van der Waals surface area contributed by atoms with Crippen LogP contribution in [0.3, 0.4) is 0 Å². The minimum absolute atomic E-state index is 0.276. The summed E-state index contributed by atoms with van der Waals surface area (Å²) in [5.41, 5.74) is 1.09. The predicted molar refractivity (Wildman–Crippen MR) is 97.6 cm³/mol. The average Bonchev–Trinajstić information content (AvgIpc) is 3.20. The molecule has 7 nitrogen and oxygen atoms in total. The van der Waals surface area contributed by atoms with Crippen molar-refractivity contribution >= 4 is 5.97 Å². The average molecular weight is 357 g/mol. The fourth-order valence-electron chi connectivity index (χ4n) is 3.90. The quantitative estimate of drug-likeness (QED) is 0.637. The van der Waals surface area contributed by atoms with Crippen LogP contribution in [-0.2, 0) is 11.2 Å². The van der Waals surface area contributed by atoms with Crippen molar-refractivity contribution in [1.29, 1.82) is 0 Å². The highest BCUT2D eigenvalue weighted by Gasteiger charge is 2.32. The molecule has 0 saturated carbocycles. The van der Waals surface area contributed by atoms with Crippen molar-refractivity contribution in [2.24, 2.45) is 11.8 Å². The number of nitrogens with one attached hydrogen (secondary N) is 2. The molecule has 2 heterocycles. The van der Waals surface area contributed by atoms with Crippen LogP contribution in [0.5, 0.6) is 0 Å². The molecular formula is C19H27N5O2. The lowest BCUT2D eigenvalue weighted by Gasteiger charge is -2.25. The number of H-pyrrole nitrogens is 1. The van der Waals surface area contributed by atoms with Crippen molar-refractivity contribution in [3.05, 3.63) is 41.7 Å². The fraction of sp³-hybridized carbons (Fsp3) is 0.579. The Balaban J connectivity index is 1.67. The van der Waals surface area contributed by atoms with Gasteiger partial charge in [-0.25, -0.2) is 0 Å². The zero-order valence-electron chi connectivity index (χ0n) is 15.0. The second-order valence-electron chi connectivity index (χ2n) is 7.14. The van der Waals surface area contributed by atoms with Crippen molar-refractivity contribution < 1.29 is 9.90 Å². The van der Waals surface area contributed by atoms with Gasteiger partial charge in [0.15, 0.2) is 5.82 Å². The third-order valence-corrected chi connectivity index (χ3v) is 5.38.